The van der Waals surface area contributed by atoms with Crippen molar-refractivity contribution in [2.45, 2.75) is 11.7 Å². The first-order valence-electron chi connectivity index (χ1n) is 5.58. The normalized spacial score (nSPS) is 18.9. The van der Waals surface area contributed by atoms with Gasteiger partial charge in [-0.05, 0) is 0 Å². The lowest BCUT2D eigenvalue weighted by Gasteiger charge is -2.16. The van der Waals surface area contributed by atoms with Gasteiger partial charge < -0.3 is 4.74 Å². The van der Waals surface area contributed by atoms with E-state index >= 15 is 0 Å². The molecule has 1 saturated heterocycles. The Morgan fingerprint density at radius 3 is 2.76 bits per heavy atom. The van der Waals surface area contributed by atoms with Gasteiger partial charge in [0.2, 0.25) is 5.91 Å². The molecule has 2 rings (SSSR count). The van der Waals surface area contributed by atoms with E-state index in [4.69, 9.17) is 11.6 Å². The Bertz CT molecular complexity index is 711. The lowest BCUT2D eigenvalue weighted by atomic mass is 10.3. The predicted molar refractivity (Wildman–Crippen MR) is 69.2 cm³/mol. The molecule has 0 radical (unpaired) electrons. The summed E-state index contributed by atoms with van der Waals surface area (Å²) in [5, 5.41) is -1.62. The zero-order chi connectivity index (χ0) is 15.8. The van der Waals surface area contributed by atoms with Crippen LogP contribution in [0.5, 0.6) is 0 Å². The number of hydrogen-bond acceptors (Lipinski definition) is 7. The van der Waals surface area contributed by atoms with E-state index in [1.807, 2.05) is 0 Å². The molecule has 0 aliphatic carbocycles. The summed E-state index contributed by atoms with van der Waals surface area (Å²) in [4.78, 5) is 31.8. The van der Waals surface area contributed by atoms with Gasteiger partial charge >= 0.3 is 16.2 Å². The van der Waals surface area contributed by atoms with Crippen molar-refractivity contribution in [3.05, 3.63) is 17.0 Å². The molecule has 0 spiro atoms. The summed E-state index contributed by atoms with van der Waals surface area (Å²) in [5.74, 6) is -1.82. The van der Waals surface area contributed by atoms with Crippen LogP contribution in [-0.4, -0.2) is 49.2 Å². The van der Waals surface area contributed by atoms with Gasteiger partial charge in [-0.1, -0.05) is 11.6 Å². The molecule has 0 N–H and O–H groups in total. The molecule has 2 heterocycles. The maximum absolute atomic E-state index is 13.0. The van der Waals surface area contributed by atoms with E-state index in [2.05, 4.69) is 14.7 Å². The minimum atomic E-state index is -4.88. The van der Waals surface area contributed by atoms with Crippen LogP contribution in [0.15, 0.2) is 6.20 Å². The Morgan fingerprint density at radius 2 is 2.24 bits per heavy atom. The third-order valence-corrected chi connectivity index (χ3v) is 4.14. The lowest BCUT2D eigenvalue weighted by molar-refractivity contribution is -0.117. The van der Waals surface area contributed by atoms with E-state index in [0.717, 1.165) is 18.2 Å². The predicted octanol–water partition coefficient (Wildman–Crippen LogP) is 0.321. The van der Waals surface area contributed by atoms with E-state index < -0.39 is 40.3 Å². The summed E-state index contributed by atoms with van der Waals surface area (Å²) >= 11 is 5.62. The molecular formula is C10H9ClFN3O5S. The Morgan fingerprint density at radius 1 is 1.57 bits per heavy atom. The molecule has 1 aliphatic rings. The molecule has 1 unspecified atom stereocenters. The van der Waals surface area contributed by atoms with E-state index in [1.54, 1.807) is 0 Å². The molecule has 11 heteroatoms. The second kappa shape index (κ2) is 5.53. The van der Waals surface area contributed by atoms with E-state index in [9.17, 15) is 21.9 Å². The van der Waals surface area contributed by atoms with Gasteiger partial charge in [0, 0.05) is 13.0 Å². The second-order valence-corrected chi connectivity index (χ2v) is 6.17. The number of halogens is 2. The van der Waals surface area contributed by atoms with Gasteiger partial charge in [-0.2, -0.15) is 8.42 Å². The number of methoxy groups -OCH3 is 1. The number of carbonyl (C=O) groups excluding carboxylic acids is 2. The van der Waals surface area contributed by atoms with Crippen molar-refractivity contribution < 1.29 is 26.6 Å². The fraction of sp³-hybridized carbons (Fsp3) is 0.400. The average molecular weight is 338 g/mol. The molecule has 21 heavy (non-hydrogen) atoms. The van der Waals surface area contributed by atoms with Crippen LogP contribution in [0.25, 0.3) is 0 Å². The quantitative estimate of drug-likeness (QED) is 0.577. The molecular weight excluding hydrogens is 329 g/mol. The Labute approximate surface area is 124 Å². The monoisotopic (exact) mass is 337 g/mol. The van der Waals surface area contributed by atoms with Crippen molar-refractivity contribution >= 4 is 39.5 Å². The highest BCUT2D eigenvalue weighted by Crippen LogP contribution is 2.27. The molecule has 0 saturated carbocycles. The number of anilines is 1. The highest BCUT2D eigenvalue weighted by molar-refractivity contribution is 7.87. The van der Waals surface area contributed by atoms with Gasteiger partial charge in [-0.15, -0.1) is 3.89 Å². The number of ether oxygens (including phenoxy) is 1. The molecule has 114 valence electrons. The number of aromatic nitrogens is 2. The Hall–Kier alpha value is -1.81. The highest BCUT2D eigenvalue weighted by atomic mass is 35.5. The SMILES string of the molecule is COC(=O)c1nc(Cl)cnc1N1CC(S(=O)(=O)F)CC1=O. The Balaban J connectivity index is 2.43. The maximum atomic E-state index is 13.0. The zero-order valence-electron chi connectivity index (χ0n) is 10.6. The number of hydrogen-bond donors (Lipinski definition) is 0. The van der Waals surface area contributed by atoms with Crippen molar-refractivity contribution in [3.8, 4) is 0 Å². The van der Waals surface area contributed by atoms with E-state index in [-0.39, 0.29) is 16.7 Å². The number of esters is 1. The van der Waals surface area contributed by atoms with Crippen molar-refractivity contribution in [2.24, 2.45) is 0 Å². The van der Waals surface area contributed by atoms with Crippen molar-refractivity contribution in [3.63, 3.8) is 0 Å². The molecule has 1 aliphatic heterocycles. The average Bonchev–Trinajstić information content (AvgIpc) is 2.80. The fourth-order valence-corrected chi connectivity index (χ4v) is 2.66. The molecule has 1 aromatic rings. The molecule has 1 amide bonds. The summed E-state index contributed by atoms with van der Waals surface area (Å²) < 4.78 is 39.3. The number of rotatable bonds is 3. The zero-order valence-corrected chi connectivity index (χ0v) is 12.2. The van der Waals surface area contributed by atoms with Crippen molar-refractivity contribution in [1.29, 1.82) is 0 Å². The number of carbonyl (C=O) groups is 2. The highest BCUT2D eigenvalue weighted by Gasteiger charge is 2.41. The molecule has 1 fully saturated rings. The van der Waals surface area contributed by atoms with Crippen LogP contribution in [0.2, 0.25) is 5.15 Å². The summed E-state index contributed by atoms with van der Waals surface area (Å²) in [7, 11) is -3.78. The molecule has 0 bridgehead atoms. The topological polar surface area (TPSA) is 107 Å². The first-order valence-corrected chi connectivity index (χ1v) is 7.41. The summed E-state index contributed by atoms with van der Waals surface area (Å²) in [6.45, 7) is -0.460. The van der Waals surface area contributed by atoms with Crippen LogP contribution < -0.4 is 4.90 Å². The third-order valence-electron chi connectivity index (χ3n) is 2.85. The van der Waals surface area contributed by atoms with Gasteiger partial charge in [0.15, 0.2) is 11.5 Å². The Kier molecular flexibility index (Phi) is 4.10. The first kappa shape index (κ1) is 15.6. The van der Waals surface area contributed by atoms with Crippen molar-refractivity contribution in [1.82, 2.24) is 9.97 Å². The van der Waals surface area contributed by atoms with Gasteiger partial charge in [-0.25, -0.2) is 14.8 Å². The number of amides is 1. The van der Waals surface area contributed by atoms with Crippen LogP contribution in [0, 0.1) is 0 Å². The number of nitrogens with zero attached hydrogens (tertiary/aromatic N) is 3. The smallest absolute Gasteiger partial charge is 0.360 e. The van der Waals surface area contributed by atoms with Crippen LogP contribution in [0.3, 0.4) is 0 Å². The minimum absolute atomic E-state index is 0.111. The third kappa shape index (κ3) is 3.10. The first-order chi connectivity index (χ1) is 9.74. The van der Waals surface area contributed by atoms with Gasteiger partial charge in [0.05, 0.1) is 13.3 Å². The lowest BCUT2D eigenvalue weighted by Crippen LogP contribution is -2.30. The largest absolute Gasteiger partial charge is 0.464 e. The van der Waals surface area contributed by atoms with Crippen LogP contribution in [0.1, 0.15) is 16.9 Å². The fourth-order valence-electron chi connectivity index (χ4n) is 1.86. The van der Waals surface area contributed by atoms with Gasteiger partial charge in [0.1, 0.15) is 10.4 Å². The summed E-state index contributed by atoms with van der Waals surface area (Å²) in [5.41, 5.74) is -0.352. The molecule has 0 aromatic carbocycles. The molecule has 8 nitrogen and oxygen atoms in total. The minimum Gasteiger partial charge on any atom is -0.464 e. The van der Waals surface area contributed by atoms with E-state index in [1.165, 1.54) is 0 Å². The second-order valence-electron chi connectivity index (χ2n) is 4.16. The summed E-state index contributed by atoms with van der Waals surface area (Å²) in [6, 6.07) is 0. The van der Waals surface area contributed by atoms with Gasteiger partial charge in [0.25, 0.3) is 0 Å². The molecule has 1 aromatic heterocycles. The molecule has 1 atom stereocenters. The van der Waals surface area contributed by atoms with E-state index in [0.29, 0.717) is 0 Å². The summed E-state index contributed by atoms with van der Waals surface area (Å²) in [6.07, 6.45) is 0.539. The van der Waals surface area contributed by atoms with Crippen LogP contribution >= 0.6 is 11.6 Å². The standard InChI is InChI=1S/C10H9ClFN3O5S/c1-20-10(17)8-9(13-3-6(11)14-8)15-4-5(2-7(15)16)21(12,18)19/h3,5H,2,4H2,1H3. The van der Waals surface area contributed by atoms with Crippen molar-refractivity contribution in [2.75, 3.05) is 18.6 Å². The van der Waals surface area contributed by atoms with Crippen LogP contribution in [0.4, 0.5) is 9.70 Å². The van der Waals surface area contributed by atoms with Crippen LogP contribution in [-0.2, 0) is 19.8 Å². The maximum Gasteiger partial charge on any atom is 0.360 e. The van der Waals surface area contributed by atoms with Gasteiger partial charge in [-0.3, -0.25) is 9.69 Å².